The van der Waals surface area contributed by atoms with Crippen LogP contribution in [0.5, 0.6) is 5.75 Å². The molecule has 0 bridgehead atoms. The first-order valence-corrected chi connectivity index (χ1v) is 6.09. The molecular weight excluding hydrogens is 315 g/mol. The minimum absolute atomic E-state index is 0.00304. The van der Waals surface area contributed by atoms with Crippen LogP contribution >= 0.6 is 0 Å². The van der Waals surface area contributed by atoms with Crippen LogP contribution in [0.25, 0.3) is 0 Å². The Morgan fingerprint density at radius 2 is 2.05 bits per heavy atom. The molecule has 22 heavy (non-hydrogen) atoms. The van der Waals surface area contributed by atoms with Crippen molar-refractivity contribution in [1.29, 1.82) is 0 Å². The summed E-state index contributed by atoms with van der Waals surface area (Å²) in [6, 6.07) is 0. The van der Waals surface area contributed by atoms with Gasteiger partial charge in [-0.3, -0.25) is 9.78 Å². The number of aromatic nitrogens is 1. The van der Waals surface area contributed by atoms with Crippen molar-refractivity contribution in [2.45, 2.75) is 32.7 Å². The SMILES string of the molecule is CCOC(=O)Cc1cnc(CN)c(OC(F)(F)F)c1C(F)F. The number of carbonyl (C=O) groups excluding carboxylic acids is 1. The summed E-state index contributed by atoms with van der Waals surface area (Å²) in [5.74, 6) is -2.04. The number of rotatable bonds is 6. The molecule has 1 rings (SSSR count). The van der Waals surface area contributed by atoms with E-state index in [1.165, 1.54) is 6.92 Å². The Hall–Kier alpha value is -1.97. The number of esters is 1. The van der Waals surface area contributed by atoms with E-state index in [1.807, 2.05) is 0 Å². The molecule has 0 saturated heterocycles. The third-order valence-corrected chi connectivity index (χ3v) is 2.50. The van der Waals surface area contributed by atoms with E-state index in [1.54, 1.807) is 0 Å². The number of carbonyl (C=O) groups is 1. The summed E-state index contributed by atoms with van der Waals surface area (Å²) >= 11 is 0. The van der Waals surface area contributed by atoms with Crippen molar-refractivity contribution in [3.8, 4) is 5.75 Å². The van der Waals surface area contributed by atoms with Crippen LogP contribution in [0.4, 0.5) is 22.0 Å². The molecule has 10 heteroatoms. The lowest BCUT2D eigenvalue weighted by Crippen LogP contribution is -2.22. The summed E-state index contributed by atoms with van der Waals surface area (Å²) < 4.78 is 71.7. The Kier molecular flexibility index (Phi) is 6.03. The minimum Gasteiger partial charge on any atom is -0.466 e. The van der Waals surface area contributed by atoms with Crippen LogP contribution in [0, 0.1) is 0 Å². The number of hydrogen-bond donors (Lipinski definition) is 1. The van der Waals surface area contributed by atoms with E-state index in [9.17, 15) is 26.7 Å². The summed E-state index contributed by atoms with van der Waals surface area (Å²) in [4.78, 5) is 14.9. The van der Waals surface area contributed by atoms with Crippen LogP contribution < -0.4 is 10.5 Å². The van der Waals surface area contributed by atoms with Crippen LogP contribution in [0.3, 0.4) is 0 Å². The number of nitrogens with zero attached hydrogens (tertiary/aromatic N) is 1. The lowest BCUT2D eigenvalue weighted by Gasteiger charge is -2.18. The zero-order valence-electron chi connectivity index (χ0n) is 11.4. The third kappa shape index (κ3) is 4.79. The fraction of sp³-hybridized carbons (Fsp3) is 0.500. The highest BCUT2D eigenvalue weighted by Gasteiger charge is 2.36. The molecule has 1 heterocycles. The van der Waals surface area contributed by atoms with Crippen molar-refractivity contribution < 1.29 is 36.2 Å². The van der Waals surface area contributed by atoms with Crippen molar-refractivity contribution in [2.75, 3.05) is 6.61 Å². The van der Waals surface area contributed by atoms with Crippen molar-refractivity contribution in [3.63, 3.8) is 0 Å². The molecule has 0 aliphatic heterocycles. The summed E-state index contributed by atoms with van der Waals surface area (Å²) in [6.45, 7) is 0.966. The van der Waals surface area contributed by atoms with Gasteiger partial charge < -0.3 is 15.2 Å². The van der Waals surface area contributed by atoms with Gasteiger partial charge >= 0.3 is 12.3 Å². The van der Waals surface area contributed by atoms with Crippen LogP contribution in [-0.2, 0) is 22.5 Å². The van der Waals surface area contributed by atoms with Gasteiger partial charge in [0, 0.05) is 12.7 Å². The fourth-order valence-corrected chi connectivity index (χ4v) is 1.71. The van der Waals surface area contributed by atoms with E-state index in [0.29, 0.717) is 0 Å². The van der Waals surface area contributed by atoms with Gasteiger partial charge in [0.15, 0.2) is 5.75 Å². The first-order chi connectivity index (χ1) is 10.2. The molecule has 0 fully saturated rings. The number of hydrogen-bond acceptors (Lipinski definition) is 5. The highest BCUT2D eigenvalue weighted by Crippen LogP contribution is 2.37. The molecule has 124 valence electrons. The second-order valence-corrected chi connectivity index (χ2v) is 4.01. The number of nitrogens with two attached hydrogens (primary N) is 1. The molecule has 0 aliphatic carbocycles. The number of alkyl halides is 5. The van der Waals surface area contributed by atoms with E-state index in [-0.39, 0.29) is 6.61 Å². The van der Waals surface area contributed by atoms with Crippen LogP contribution in [-0.4, -0.2) is 23.9 Å². The van der Waals surface area contributed by atoms with E-state index in [0.717, 1.165) is 6.20 Å². The van der Waals surface area contributed by atoms with E-state index in [4.69, 9.17) is 5.73 Å². The average molecular weight is 328 g/mol. The Morgan fingerprint density at radius 3 is 2.50 bits per heavy atom. The summed E-state index contributed by atoms with van der Waals surface area (Å²) in [5.41, 5.74) is 3.22. The molecule has 0 saturated carbocycles. The largest absolute Gasteiger partial charge is 0.573 e. The molecule has 0 aromatic carbocycles. The zero-order chi connectivity index (χ0) is 16.9. The summed E-state index contributed by atoms with van der Waals surface area (Å²) in [6.07, 6.45) is -8.30. The fourth-order valence-electron chi connectivity index (χ4n) is 1.71. The Morgan fingerprint density at radius 1 is 1.41 bits per heavy atom. The van der Waals surface area contributed by atoms with Gasteiger partial charge in [0.1, 0.15) is 0 Å². The van der Waals surface area contributed by atoms with Gasteiger partial charge in [-0.15, -0.1) is 13.2 Å². The highest BCUT2D eigenvalue weighted by atomic mass is 19.4. The second-order valence-electron chi connectivity index (χ2n) is 4.01. The van der Waals surface area contributed by atoms with Gasteiger partial charge in [-0.25, -0.2) is 8.78 Å². The van der Waals surface area contributed by atoms with E-state index >= 15 is 0 Å². The monoisotopic (exact) mass is 328 g/mol. The van der Waals surface area contributed by atoms with Gasteiger partial charge in [-0.05, 0) is 12.5 Å². The molecule has 2 N–H and O–H groups in total. The van der Waals surface area contributed by atoms with Gasteiger partial charge in [0.2, 0.25) is 0 Å². The molecular formula is C12H13F5N2O3. The van der Waals surface area contributed by atoms with Crippen LogP contribution in [0.2, 0.25) is 0 Å². The van der Waals surface area contributed by atoms with Crippen molar-refractivity contribution in [1.82, 2.24) is 4.98 Å². The van der Waals surface area contributed by atoms with Gasteiger partial charge in [0.25, 0.3) is 6.43 Å². The first-order valence-electron chi connectivity index (χ1n) is 6.09. The molecule has 0 atom stereocenters. The van der Waals surface area contributed by atoms with Crippen molar-refractivity contribution in [3.05, 3.63) is 23.0 Å². The standard InChI is InChI=1S/C12H13F5N2O3/c1-2-21-8(20)3-6-5-19-7(4-18)10(9(6)11(13)14)22-12(15,16)17/h5,11H,2-4,18H2,1H3. The predicted molar refractivity (Wildman–Crippen MR) is 64.1 cm³/mol. The van der Waals surface area contributed by atoms with E-state index in [2.05, 4.69) is 14.5 Å². The Balaban J connectivity index is 3.34. The minimum atomic E-state index is -5.20. The number of pyridine rings is 1. The maximum atomic E-state index is 13.1. The summed E-state index contributed by atoms with van der Waals surface area (Å²) in [5, 5.41) is 0. The maximum absolute atomic E-state index is 13.1. The molecule has 0 radical (unpaired) electrons. The molecule has 0 unspecified atom stereocenters. The summed E-state index contributed by atoms with van der Waals surface area (Å²) in [7, 11) is 0. The van der Waals surface area contributed by atoms with Gasteiger partial charge in [-0.1, -0.05) is 0 Å². The van der Waals surface area contributed by atoms with Crippen LogP contribution in [0.15, 0.2) is 6.20 Å². The lowest BCUT2D eigenvalue weighted by atomic mass is 10.0. The Bertz CT molecular complexity index is 534. The average Bonchev–Trinajstić information content (AvgIpc) is 2.37. The maximum Gasteiger partial charge on any atom is 0.573 e. The van der Waals surface area contributed by atoms with Crippen LogP contribution in [0.1, 0.15) is 30.2 Å². The topological polar surface area (TPSA) is 74.4 Å². The first kappa shape index (κ1) is 18.1. The lowest BCUT2D eigenvalue weighted by molar-refractivity contribution is -0.275. The third-order valence-electron chi connectivity index (χ3n) is 2.50. The second kappa shape index (κ2) is 7.34. The molecule has 0 amide bonds. The normalized spacial score (nSPS) is 11.6. The zero-order valence-corrected chi connectivity index (χ0v) is 11.4. The molecule has 1 aromatic rings. The van der Waals surface area contributed by atoms with Gasteiger partial charge in [0.05, 0.1) is 24.3 Å². The molecule has 0 aliphatic rings. The van der Waals surface area contributed by atoms with Crippen molar-refractivity contribution in [2.24, 2.45) is 5.73 Å². The number of ether oxygens (including phenoxy) is 2. The predicted octanol–water partition coefficient (Wildman–Crippen LogP) is 2.48. The van der Waals surface area contributed by atoms with Crippen molar-refractivity contribution >= 4 is 5.97 Å². The quantitative estimate of drug-likeness (QED) is 0.641. The molecule has 0 spiro atoms. The van der Waals surface area contributed by atoms with Gasteiger partial charge in [-0.2, -0.15) is 0 Å². The molecule has 5 nitrogen and oxygen atoms in total. The smallest absolute Gasteiger partial charge is 0.466 e. The number of halogens is 5. The Labute approximate surface area is 122 Å². The highest BCUT2D eigenvalue weighted by molar-refractivity contribution is 5.73. The van der Waals surface area contributed by atoms with E-state index < -0.39 is 54.3 Å². The molecule has 1 aromatic heterocycles.